The molecule has 1 heterocycles. The maximum Gasteiger partial charge on any atom is 0.0723 e. The van der Waals surface area contributed by atoms with Crippen LogP contribution < -0.4 is 5.32 Å². The predicted octanol–water partition coefficient (Wildman–Crippen LogP) is 7.64. The molecular weight excluding hydrogens is 450 g/mol. The molecule has 1 aliphatic rings. The van der Waals surface area contributed by atoms with Gasteiger partial charge in [-0.2, -0.15) is 0 Å². The summed E-state index contributed by atoms with van der Waals surface area (Å²) in [6.45, 7) is 13.1. The largest absolute Gasteiger partial charge is 0.390 e. The highest BCUT2D eigenvalue weighted by atomic mass is 35.5. The average Bonchev–Trinajstić information content (AvgIpc) is 2.89. The zero-order chi connectivity index (χ0) is 24.6. The molecule has 0 bridgehead atoms. The second-order valence-corrected chi connectivity index (χ2v) is 9.94. The number of nitrogens with one attached hydrogen (secondary N) is 1. The van der Waals surface area contributed by atoms with Gasteiger partial charge in [-0.1, -0.05) is 80.6 Å². The number of halogens is 1. The summed E-state index contributed by atoms with van der Waals surface area (Å²) in [5, 5.41) is 5.18. The minimum absolute atomic E-state index is 0.320. The molecule has 0 saturated carbocycles. The van der Waals surface area contributed by atoms with Gasteiger partial charge < -0.3 is 10.2 Å². The Labute approximate surface area is 215 Å². The summed E-state index contributed by atoms with van der Waals surface area (Å²) >= 11 is 6.98. The molecule has 1 aliphatic carbocycles. The number of fused-ring (bicyclic) bond motifs is 2. The van der Waals surface area contributed by atoms with Gasteiger partial charge in [0.25, 0.3) is 0 Å². The van der Waals surface area contributed by atoms with Crippen molar-refractivity contribution in [3.63, 3.8) is 0 Å². The van der Waals surface area contributed by atoms with E-state index >= 15 is 0 Å². The standard InChI is InChI=1S/C31H38ClN3/c1-4-6-11-23(3)35(21-19-33-5-2)20-18-24-16-17-27-29(22-24)34-31-26(25-12-8-7-9-13-25)14-10-15-28(31)30(27)32/h5,7-9,12-13,16-17,22,26,33H,2-4,6,10-11,14-15,18-21H2,1H3. The van der Waals surface area contributed by atoms with Gasteiger partial charge in [-0.15, -0.1) is 0 Å². The van der Waals surface area contributed by atoms with E-state index in [1.54, 1.807) is 6.20 Å². The molecule has 0 aliphatic heterocycles. The molecule has 4 heteroatoms. The fraction of sp³-hybridized carbons (Fsp3) is 0.387. The average molecular weight is 488 g/mol. The molecule has 0 amide bonds. The van der Waals surface area contributed by atoms with Crippen LogP contribution in [0.1, 0.15) is 67.3 Å². The fourth-order valence-electron chi connectivity index (χ4n) is 5.17. The van der Waals surface area contributed by atoms with Crippen molar-refractivity contribution in [1.82, 2.24) is 15.2 Å². The lowest BCUT2D eigenvalue weighted by atomic mass is 9.81. The van der Waals surface area contributed by atoms with Gasteiger partial charge in [0, 0.05) is 36.6 Å². The summed E-state index contributed by atoms with van der Waals surface area (Å²) < 4.78 is 0. The number of hydrogen-bond donors (Lipinski definition) is 1. The maximum absolute atomic E-state index is 6.98. The lowest BCUT2D eigenvalue weighted by Crippen LogP contribution is -2.31. The Balaban J connectivity index is 1.57. The Kier molecular flexibility index (Phi) is 8.87. The van der Waals surface area contributed by atoms with Crippen molar-refractivity contribution < 1.29 is 0 Å². The molecule has 0 saturated heterocycles. The molecule has 0 spiro atoms. The highest BCUT2D eigenvalue weighted by Crippen LogP contribution is 2.41. The van der Waals surface area contributed by atoms with E-state index in [1.807, 2.05) is 0 Å². The Hall–Kier alpha value is -2.78. The van der Waals surface area contributed by atoms with E-state index < -0.39 is 0 Å². The molecular formula is C31H38ClN3. The highest BCUT2D eigenvalue weighted by Gasteiger charge is 2.26. The number of aromatic nitrogens is 1. The first-order valence-electron chi connectivity index (χ1n) is 13.0. The molecule has 35 heavy (non-hydrogen) atoms. The minimum Gasteiger partial charge on any atom is -0.390 e. The van der Waals surface area contributed by atoms with Crippen LogP contribution in [0.4, 0.5) is 0 Å². The summed E-state index contributed by atoms with van der Waals surface area (Å²) in [6, 6.07) is 17.4. The van der Waals surface area contributed by atoms with Crippen molar-refractivity contribution in [2.24, 2.45) is 0 Å². The van der Waals surface area contributed by atoms with Crippen LogP contribution in [-0.2, 0) is 12.8 Å². The van der Waals surface area contributed by atoms with Gasteiger partial charge in [0.05, 0.1) is 16.2 Å². The summed E-state index contributed by atoms with van der Waals surface area (Å²) in [7, 11) is 0. The summed E-state index contributed by atoms with van der Waals surface area (Å²) in [6.07, 6.45) is 9.40. The van der Waals surface area contributed by atoms with Crippen LogP contribution in [0, 0.1) is 0 Å². The van der Waals surface area contributed by atoms with Crippen LogP contribution in [-0.4, -0.2) is 29.5 Å². The van der Waals surface area contributed by atoms with Crippen molar-refractivity contribution in [2.75, 3.05) is 19.6 Å². The van der Waals surface area contributed by atoms with Crippen LogP contribution >= 0.6 is 11.6 Å². The van der Waals surface area contributed by atoms with Crippen LogP contribution in [0.3, 0.4) is 0 Å². The second-order valence-electron chi connectivity index (χ2n) is 9.56. The number of nitrogens with zero attached hydrogens (tertiary/aromatic N) is 2. The lowest BCUT2D eigenvalue weighted by Gasteiger charge is -2.27. The number of allylic oxidation sites excluding steroid dienone is 1. The van der Waals surface area contributed by atoms with Gasteiger partial charge in [-0.25, -0.2) is 0 Å². The molecule has 3 aromatic rings. The van der Waals surface area contributed by atoms with E-state index in [0.29, 0.717) is 5.92 Å². The molecule has 184 valence electrons. The predicted molar refractivity (Wildman–Crippen MR) is 150 cm³/mol. The highest BCUT2D eigenvalue weighted by molar-refractivity contribution is 6.36. The van der Waals surface area contributed by atoms with E-state index in [-0.39, 0.29) is 0 Å². The quantitative estimate of drug-likeness (QED) is 0.266. The summed E-state index contributed by atoms with van der Waals surface area (Å²) in [5.41, 5.74) is 7.26. The summed E-state index contributed by atoms with van der Waals surface area (Å²) in [4.78, 5) is 7.63. The maximum atomic E-state index is 6.98. The molecule has 1 atom stereocenters. The van der Waals surface area contributed by atoms with Crippen molar-refractivity contribution >= 4 is 22.5 Å². The lowest BCUT2D eigenvalue weighted by molar-refractivity contribution is 0.337. The van der Waals surface area contributed by atoms with Crippen LogP contribution in [0.5, 0.6) is 0 Å². The Bertz CT molecular complexity index is 1150. The number of unbranched alkanes of at least 4 members (excludes halogenated alkanes) is 1. The van der Waals surface area contributed by atoms with E-state index in [4.69, 9.17) is 16.6 Å². The normalized spacial score (nSPS) is 15.0. The Morgan fingerprint density at radius 1 is 1.20 bits per heavy atom. The zero-order valence-corrected chi connectivity index (χ0v) is 21.8. The number of benzene rings is 2. The second kappa shape index (κ2) is 12.3. The van der Waals surface area contributed by atoms with Gasteiger partial charge in [0.2, 0.25) is 0 Å². The number of rotatable bonds is 12. The first-order valence-corrected chi connectivity index (χ1v) is 13.4. The molecule has 3 nitrogen and oxygen atoms in total. The van der Waals surface area contributed by atoms with Crippen LogP contribution in [0.2, 0.25) is 5.02 Å². The van der Waals surface area contributed by atoms with E-state index in [0.717, 1.165) is 67.7 Å². The Morgan fingerprint density at radius 2 is 2.03 bits per heavy atom. The van der Waals surface area contributed by atoms with Gasteiger partial charge in [0.15, 0.2) is 0 Å². The number of hydrogen-bond acceptors (Lipinski definition) is 3. The van der Waals surface area contributed by atoms with Gasteiger partial charge in [-0.3, -0.25) is 4.98 Å². The topological polar surface area (TPSA) is 28.2 Å². The molecule has 4 rings (SSSR count). The SMILES string of the molecule is C=CNCCN(CCc1ccc2c(Cl)c3c(nc2c1)C(c1ccccc1)CCC3)C(=C)CCCC. The van der Waals surface area contributed by atoms with Crippen molar-refractivity contribution in [3.05, 3.63) is 101 Å². The summed E-state index contributed by atoms with van der Waals surface area (Å²) in [5.74, 6) is 0.320. The van der Waals surface area contributed by atoms with Gasteiger partial charge >= 0.3 is 0 Å². The minimum atomic E-state index is 0.320. The molecule has 1 unspecified atom stereocenters. The molecule has 1 aromatic heterocycles. The molecule has 1 N–H and O–H groups in total. The molecule has 0 radical (unpaired) electrons. The van der Waals surface area contributed by atoms with Crippen LogP contribution in [0.15, 0.2) is 73.6 Å². The third-order valence-corrected chi connectivity index (χ3v) is 7.60. The smallest absolute Gasteiger partial charge is 0.0723 e. The van der Waals surface area contributed by atoms with E-state index in [9.17, 15) is 0 Å². The first kappa shape index (κ1) is 25.3. The zero-order valence-electron chi connectivity index (χ0n) is 21.0. The number of pyridine rings is 1. The van der Waals surface area contributed by atoms with Crippen LogP contribution in [0.25, 0.3) is 10.9 Å². The fourth-order valence-corrected chi connectivity index (χ4v) is 5.52. The first-order chi connectivity index (χ1) is 17.1. The van der Waals surface area contributed by atoms with Gasteiger partial charge in [-0.05, 0) is 67.5 Å². The monoisotopic (exact) mass is 487 g/mol. The van der Waals surface area contributed by atoms with Gasteiger partial charge in [0.1, 0.15) is 0 Å². The van der Waals surface area contributed by atoms with Crippen molar-refractivity contribution in [2.45, 2.75) is 57.8 Å². The third-order valence-electron chi connectivity index (χ3n) is 7.17. The third kappa shape index (κ3) is 6.08. The van der Waals surface area contributed by atoms with Crippen molar-refractivity contribution in [3.8, 4) is 0 Å². The van der Waals surface area contributed by atoms with Crippen molar-refractivity contribution in [1.29, 1.82) is 0 Å². The molecule has 0 fully saturated rings. The van der Waals surface area contributed by atoms with E-state index in [2.05, 4.69) is 78.8 Å². The van der Waals surface area contributed by atoms with E-state index in [1.165, 1.54) is 40.9 Å². The molecule has 2 aromatic carbocycles. The Morgan fingerprint density at radius 3 is 2.80 bits per heavy atom.